The monoisotopic (exact) mass is 298 g/mol. The summed E-state index contributed by atoms with van der Waals surface area (Å²) in [5.74, 6) is -0.162. The van der Waals surface area contributed by atoms with Crippen LogP contribution < -0.4 is 10.6 Å². The van der Waals surface area contributed by atoms with Gasteiger partial charge in [-0.25, -0.2) is 0 Å². The van der Waals surface area contributed by atoms with Crippen LogP contribution >= 0.6 is 0 Å². The van der Waals surface area contributed by atoms with Crippen LogP contribution in [0.25, 0.3) is 0 Å². The molecule has 22 heavy (non-hydrogen) atoms. The van der Waals surface area contributed by atoms with Gasteiger partial charge in [0, 0.05) is 36.5 Å². The number of carbonyl (C=O) groups is 1. The number of anilines is 1. The molecule has 0 fully saturated rings. The number of fused-ring (bicyclic) bond motifs is 1. The highest BCUT2D eigenvalue weighted by Crippen LogP contribution is 2.24. The average Bonchev–Trinajstić information content (AvgIpc) is 2.91. The second-order valence-corrected chi connectivity index (χ2v) is 6.74. The number of aromatic amines is 1. The predicted molar refractivity (Wildman–Crippen MR) is 87.1 cm³/mol. The minimum Gasteiger partial charge on any atom is -0.321 e. The van der Waals surface area contributed by atoms with Gasteiger partial charge in [0.1, 0.15) is 0 Å². The Balaban J connectivity index is 1.76. The minimum atomic E-state index is -0.162. The molecule has 0 radical (unpaired) electrons. The molecule has 0 aliphatic carbocycles. The van der Waals surface area contributed by atoms with Crippen LogP contribution in [0.15, 0.2) is 24.3 Å². The van der Waals surface area contributed by atoms with Crippen LogP contribution in [-0.4, -0.2) is 22.6 Å². The molecular weight excluding hydrogens is 276 g/mol. The first kappa shape index (κ1) is 14.8. The number of hydrogen-bond donors (Lipinski definition) is 3. The molecule has 5 heteroatoms. The third-order valence-electron chi connectivity index (χ3n) is 4.03. The highest BCUT2D eigenvalue weighted by Gasteiger charge is 2.21. The Morgan fingerprint density at radius 2 is 1.95 bits per heavy atom. The fraction of sp³-hybridized carbons (Fsp3) is 0.412. The lowest BCUT2D eigenvalue weighted by Gasteiger charge is -2.19. The number of H-pyrrole nitrogens is 1. The van der Waals surface area contributed by atoms with E-state index in [9.17, 15) is 4.79 Å². The van der Waals surface area contributed by atoms with Crippen LogP contribution in [0.5, 0.6) is 0 Å². The summed E-state index contributed by atoms with van der Waals surface area (Å²) < 4.78 is 0. The van der Waals surface area contributed by atoms with Gasteiger partial charge < -0.3 is 10.6 Å². The van der Waals surface area contributed by atoms with Gasteiger partial charge in [-0.2, -0.15) is 5.10 Å². The zero-order valence-corrected chi connectivity index (χ0v) is 13.3. The topological polar surface area (TPSA) is 69.8 Å². The Hall–Kier alpha value is -2.14. The summed E-state index contributed by atoms with van der Waals surface area (Å²) >= 11 is 0. The smallest absolute Gasteiger partial charge is 0.276 e. The van der Waals surface area contributed by atoms with E-state index in [1.165, 1.54) is 5.56 Å². The van der Waals surface area contributed by atoms with Gasteiger partial charge in [0.25, 0.3) is 5.91 Å². The van der Waals surface area contributed by atoms with E-state index in [4.69, 9.17) is 0 Å². The molecule has 0 unspecified atom stereocenters. The first-order valence-electron chi connectivity index (χ1n) is 7.64. The molecule has 0 saturated carbocycles. The molecule has 1 aliphatic heterocycles. The predicted octanol–water partition coefficient (Wildman–Crippen LogP) is 2.61. The number of rotatable bonds is 2. The van der Waals surface area contributed by atoms with Crippen LogP contribution in [-0.2, 0) is 18.4 Å². The molecule has 1 aliphatic rings. The molecule has 1 aromatic carbocycles. The van der Waals surface area contributed by atoms with E-state index in [0.29, 0.717) is 12.2 Å². The third-order valence-corrected chi connectivity index (χ3v) is 4.03. The van der Waals surface area contributed by atoms with Gasteiger partial charge in [0.05, 0.1) is 0 Å². The van der Waals surface area contributed by atoms with Gasteiger partial charge in [-0.3, -0.25) is 9.89 Å². The highest BCUT2D eigenvalue weighted by molar-refractivity contribution is 6.04. The summed E-state index contributed by atoms with van der Waals surface area (Å²) in [5, 5.41) is 13.3. The van der Waals surface area contributed by atoms with Crippen molar-refractivity contribution >= 4 is 11.6 Å². The minimum absolute atomic E-state index is 0.107. The number of amides is 1. The zero-order valence-electron chi connectivity index (χ0n) is 13.3. The second-order valence-electron chi connectivity index (χ2n) is 6.74. The molecule has 0 spiro atoms. The Kier molecular flexibility index (Phi) is 3.74. The van der Waals surface area contributed by atoms with E-state index in [1.54, 1.807) is 0 Å². The third kappa shape index (κ3) is 2.90. The molecule has 116 valence electrons. The molecule has 0 saturated heterocycles. The van der Waals surface area contributed by atoms with Gasteiger partial charge in [-0.15, -0.1) is 0 Å². The number of carbonyl (C=O) groups excluding carboxylic acids is 1. The molecule has 2 aromatic rings. The lowest BCUT2D eigenvalue weighted by molar-refractivity contribution is 0.102. The highest BCUT2D eigenvalue weighted by atomic mass is 16.1. The molecule has 2 heterocycles. The van der Waals surface area contributed by atoms with E-state index < -0.39 is 0 Å². The summed E-state index contributed by atoms with van der Waals surface area (Å²) in [7, 11) is 0. The molecule has 1 amide bonds. The molecule has 3 N–H and O–H groups in total. The maximum absolute atomic E-state index is 12.4. The zero-order chi connectivity index (χ0) is 15.7. The van der Waals surface area contributed by atoms with Crippen LogP contribution in [0.2, 0.25) is 0 Å². The first-order valence-corrected chi connectivity index (χ1v) is 7.64. The molecule has 1 aromatic heterocycles. The van der Waals surface area contributed by atoms with Crippen molar-refractivity contribution in [2.45, 2.75) is 39.2 Å². The van der Waals surface area contributed by atoms with Crippen molar-refractivity contribution in [3.8, 4) is 0 Å². The van der Waals surface area contributed by atoms with Gasteiger partial charge in [0.2, 0.25) is 0 Å². The summed E-state index contributed by atoms with van der Waals surface area (Å²) in [6, 6.07) is 7.99. The quantitative estimate of drug-likeness (QED) is 0.798. The van der Waals surface area contributed by atoms with Crippen LogP contribution in [0.4, 0.5) is 5.69 Å². The van der Waals surface area contributed by atoms with E-state index in [-0.39, 0.29) is 11.3 Å². The maximum Gasteiger partial charge on any atom is 0.276 e. The summed E-state index contributed by atoms with van der Waals surface area (Å²) in [5.41, 5.74) is 4.67. The van der Waals surface area contributed by atoms with Crippen LogP contribution in [0.1, 0.15) is 48.1 Å². The van der Waals surface area contributed by atoms with Crippen molar-refractivity contribution in [2.75, 3.05) is 11.9 Å². The van der Waals surface area contributed by atoms with Crippen molar-refractivity contribution in [1.82, 2.24) is 15.5 Å². The standard InChI is InChI=1S/C17H22N4O/c1-17(2,3)11-4-6-12(7-5-11)19-16(22)15-13-10-18-9-8-14(13)20-21-15/h4-7,18H,8-10H2,1-3H3,(H,19,22)(H,20,21). The number of nitrogens with one attached hydrogen (secondary N) is 3. The summed E-state index contributed by atoms with van der Waals surface area (Å²) in [6.45, 7) is 8.12. The maximum atomic E-state index is 12.4. The number of nitrogens with zero attached hydrogens (tertiary/aromatic N) is 1. The molecule has 0 atom stereocenters. The Labute approximate surface area is 130 Å². The molecule has 0 bridgehead atoms. The number of benzene rings is 1. The van der Waals surface area contributed by atoms with E-state index in [0.717, 1.165) is 29.9 Å². The lowest BCUT2D eigenvalue weighted by Crippen LogP contribution is -2.25. The molecule has 5 nitrogen and oxygen atoms in total. The summed E-state index contributed by atoms with van der Waals surface area (Å²) in [6.07, 6.45) is 0.885. The first-order chi connectivity index (χ1) is 10.4. The van der Waals surface area contributed by atoms with Crippen molar-refractivity contribution in [3.63, 3.8) is 0 Å². The Bertz CT molecular complexity index is 680. The van der Waals surface area contributed by atoms with Gasteiger partial charge >= 0.3 is 0 Å². The van der Waals surface area contributed by atoms with Crippen LogP contribution in [0.3, 0.4) is 0 Å². The summed E-state index contributed by atoms with van der Waals surface area (Å²) in [4.78, 5) is 12.4. The molecule has 3 rings (SSSR count). The second kappa shape index (κ2) is 5.57. The van der Waals surface area contributed by atoms with Crippen molar-refractivity contribution in [3.05, 3.63) is 46.8 Å². The fourth-order valence-electron chi connectivity index (χ4n) is 2.66. The Morgan fingerprint density at radius 1 is 1.23 bits per heavy atom. The van der Waals surface area contributed by atoms with E-state index >= 15 is 0 Å². The van der Waals surface area contributed by atoms with Gasteiger partial charge in [-0.1, -0.05) is 32.9 Å². The van der Waals surface area contributed by atoms with E-state index in [1.807, 2.05) is 12.1 Å². The Morgan fingerprint density at radius 3 is 2.64 bits per heavy atom. The molecular formula is C17H22N4O. The van der Waals surface area contributed by atoms with Gasteiger partial charge in [0.15, 0.2) is 5.69 Å². The lowest BCUT2D eigenvalue weighted by atomic mass is 9.87. The van der Waals surface area contributed by atoms with Crippen molar-refractivity contribution < 1.29 is 4.79 Å². The average molecular weight is 298 g/mol. The SMILES string of the molecule is CC(C)(C)c1ccc(NC(=O)c2n[nH]c3c2CNCC3)cc1. The number of hydrogen-bond acceptors (Lipinski definition) is 3. The normalized spacial score (nSPS) is 14.5. The fourth-order valence-corrected chi connectivity index (χ4v) is 2.66. The van der Waals surface area contributed by atoms with Crippen LogP contribution in [0, 0.1) is 0 Å². The largest absolute Gasteiger partial charge is 0.321 e. The number of aromatic nitrogens is 2. The van der Waals surface area contributed by atoms with Crippen molar-refractivity contribution in [2.24, 2.45) is 0 Å². The van der Waals surface area contributed by atoms with Crippen molar-refractivity contribution in [1.29, 1.82) is 0 Å². The van der Waals surface area contributed by atoms with E-state index in [2.05, 4.69) is 53.7 Å². The van der Waals surface area contributed by atoms with Gasteiger partial charge in [-0.05, 0) is 23.1 Å².